The van der Waals surface area contributed by atoms with Gasteiger partial charge in [-0.3, -0.25) is 4.79 Å². The van der Waals surface area contributed by atoms with E-state index in [-0.39, 0.29) is 23.3 Å². The van der Waals surface area contributed by atoms with Crippen LogP contribution in [0.4, 0.5) is 0 Å². The van der Waals surface area contributed by atoms with Gasteiger partial charge in [0.1, 0.15) is 0 Å². The van der Waals surface area contributed by atoms with Crippen molar-refractivity contribution in [2.45, 2.75) is 19.8 Å². The van der Waals surface area contributed by atoms with Crippen LogP contribution in [-0.4, -0.2) is 22.7 Å². The van der Waals surface area contributed by atoms with Gasteiger partial charge in [0.15, 0.2) is 10.9 Å². The average molecular weight is 230 g/mol. The fourth-order valence-electron chi connectivity index (χ4n) is 1.14. The quantitative estimate of drug-likeness (QED) is 0.633. The predicted octanol–water partition coefficient (Wildman–Crippen LogP) is 1.94. The Morgan fingerprint density at radius 2 is 2.40 bits per heavy atom. The summed E-state index contributed by atoms with van der Waals surface area (Å²) in [6, 6.07) is 1.63. The van der Waals surface area contributed by atoms with Gasteiger partial charge in [0, 0.05) is 12.6 Å². The number of pyridine rings is 1. The fourth-order valence-corrected chi connectivity index (χ4v) is 1.31. The van der Waals surface area contributed by atoms with Crippen molar-refractivity contribution in [2.75, 3.05) is 6.61 Å². The lowest BCUT2D eigenvalue weighted by Gasteiger charge is -2.04. The molecule has 1 heterocycles. The van der Waals surface area contributed by atoms with Gasteiger partial charge in [-0.25, -0.2) is 4.98 Å². The molecule has 0 aliphatic rings. The van der Waals surface area contributed by atoms with Crippen LogP contribution >= 0.6 is 11.6 Å². The summed E-state index contributed by atoms with van der Waals surface area (Å²) < 4.78 is 4.76. The van der Waals surface area contributed by atoms with E-state index in [0.717, 1.165) is 0 Å². The number of aryl methyl sites for hydroxylation is 1. The number of nitrogens with zero attached hydrogens (tertiary/aromatic N) is 1. The highest BCUT2D eigenvalue weighted by atomic mass is 35.5. The zero-order valence-corrected chi connectivity index (χ0v) is 9.12. The molecule has 1 aromatic rings. The van der Waals surface area contributed by atoms with Gasteiger partial charge in [0.2, 0.25) is 0 Å². The Bertz CT molecular complexity index is 355. The van der Waals surface area contributed by atoms with Gasteiger partial charge in [-0.15, -0.1) is 0 Å². The largest absolute Gasteiger partial charge is 0.504 e. The first-order valence-corrected chi connectivity index (χ1v) is 5.01. The monoisotopic (exact) mass is 229 g/mol. The van der Waals surface area contributed by atoms with E-state index in [4.69, 9.17) is 16.3 Å². The van der Waals surface area contributed by atoms with Gasteiger partial charge in [-0.05, 0) is 25.0 Å². The van der Waals surface area contributed by atoms with Crippen molar-refractivity contribution >= 4 is 17.6 Å². The zero-order valence-electron chi connectivity index (χ0n) is 8.36. The Morgan fingerprint density at radius 3 is 3.07 bits per heavy atom. The summed E-state index contributed by atoms with van der Waals surface area (Å²) in [4.78, 5) is 14.8. The Morgan fingerprint density at radius 1 is 1.67 bits per heavy atom. The molecule has 1 rings (SSSR count). The number of ether oxygens (including phenoxy) is 1. The van der Waals surface area contributed by atoms with E-state index < -0.39 is 0 Å². The highest BCUT2D eigenvalue weighted by molar-refractivity contribution is 6.30. The summed E-state index contributed by atoms with van der Waals surface area (Å²) in [5.74, 6) is -0.353. The maximum Gasteiger partial charge on any atom is 0.306 e. The molecular weight excluding hydrogens is 218 g/mol. The molecule has 1 N–H and O–H groups in total. The van der Waals surface area contributed by atoms with Crippen LogP contribution in [0.25, 0.3) is 0 Å². The minimum Gasteiger partial charge on any atom is -0.504 e. The Kier molecular flexibility index (Phi) is 4.37. The Balaban J connectivity index is 2.58. The normalized spacial score (nSPS) is 10.0. The van der Waals surface area contributed by atoms with Gasteiger partial charge in [-0.1, -0.05) is 11.6 Å². The first-order valence-electron chi connectivity index (χ1n) is 4.63. The molecule has 0 aliphatic heterocycles. The molecule has 0 radical (unpaired) electrons. The van der Waals surface area contributed by atoms with Crippen LogP contribution in [0.3, 0.4) is 0 Å². The molecular formula is C10H12ClNO3. The molecule has 82 valence electrons. The van der Waals surface area contributed by atoms with E-state index in [1.54, 1.807) is 13.0 Å². The zero-order chi connectivity index (χ0) is 11.3. The average Bonchev–Trinajstić information content (AvgIpc) is 2.21. The van der Waals surface area contributed by atoms with Crippen molar-refractivity contribution < 1.29 is 14.6 Å². The number of hydrogen-bond donors (Lipinski definition) is 1. The molecule has 0 atom stereocenters. The van der Waals surface area contributed by atoms with Crippen LogP contribution in [0.15, 0.2) is 12.3 Å². The van der Waals surface area contributed by atoms with Crippen LogP contribution < -0.4 is 0 Å². The summed E-state index contributed by atoms with van der Waals surface area (Å²) in [5.41, 5.74) is 0.600. The number of halogens is 1. The van der Waals surface area contributed by atoms with Crippen molar-refractivity contribution in [3.05, 3.63) is 23.0 Å². The lowest BCUT2D eigenvalue weighted by atomic mass is 10.1. The highest BCUT2D eigenvalue weighted by Gasteiger charge is 2.08. The van der Waals surface area contributed by atoms with Crippen molar-refractivity contribution in [2.24, 2.45) is 0 Å². The van der Waals surface area contributed by atoms with Gasteiger partial charge < -0.3 is 9.84 Å². The topological polar surface area (TPSA) is 59.4 Å². The first kappa shape index (κ1) is 11.8. The SMILES string of the molecule is CCOC(=O)CCc1ccnc(Cl)c1O. The smallest absolute Gasteiger partial charge is 0.306 e. The number of carbonyl (C=O) groups is 1. The molecule has 0 amide bonds. The van der Waals surface area contributed by atoms with Crippen LogP contribution in [0.5, 0.6) is 5.75 Å². The molecule has 0 spiro atoms. The second-order valence-corrected chi connectivity index (χ2v) is 3.27. The fraction of sp³-hybridized carbons (Fsp3) is 0.400. The van der Waals surface area contributed by atoms with Crippen LogP contribution in [-0.2, 0) is 16.0 Å². The number of esters is 1. The van der Waals surface area contributed by atoms with Crippen molar-refractivity contribution in [1.82, 2.24) is 4.98 Å². The molecule has 0 aliphatic carbocycles. The minimum atomic E-state index is -0.287. The first-order chi connectivity index (χ1) is 7.15. The second kappa shape index (κ2) is 5.56. The molecule has 15 heavy (non-hydrogen) atoms. The molecule has 0 bridgehead atoms. The van der Waals surface area contributed by atoms with E-state index in [0.29, 0.717) is 18.6 Å². The van der Waals surface area contributed by atoms with E-state index >= 15 is 0 Å². The summed E-state index contributed by atoms with van der Waals surface area (Å²) in [7, 11) is 0. The van der Waals surface area contributed by atoms with Crippen LogP contribution in [0.2, 0.25) is 5.15 Å². The molecule has 4 nitrogen and oxygen atoms in total. The number of aromatic hydroxyl groups is 1. The maximum absolute atomic E-state index is 11.1. The molecule has 0 aromatic carbocycles. The third-order valence-corrected chi connectivity index (χ3v) is 2.14. The van der Waals surface area contributed by atoms with E-state index in [2.05, 4.69) is 4.98 Å². The van der Waals surface area contributed by atoms with Gasteiger partial charge >= 0.3 is 5.97 Å². The summed E-state index contributed by atoms with van der Waals surface area (Å²) in [6.07, 6.45) is 2.11. The Hall–Kier alpha value is -1.29. The second-order valence-electron chi connectivity index (χ2n) is 2.91. The predicted molar refractivity (Wildman–Crippen MR) is 55.9 cm³/mol. The summed E-state index contributed by atoms with van der Waals surface area (Å²) in [6.45, 7) is 2.11. The molecule has 0 unspecified atom stereocenters. The standard InChI is InChI=1S/C10H12ClNO3/c1-2-15-8(13)4-3-7-5-6-12-10(11)9(7)14/h5-6,14H,2-4H2,1H3. The number of carbonyl (C=O) groups excluding carboxylic acids is 1. The summed E-state index contributed by atoms with van der Waals surface area (Å²) in [5, 5.41) is 9.55. The third kappa shape index (κ3) is 3.40. The lowest BCUT2D eigenvalue weighted by Crippen LogP contribution is -2.05. The summed E-state index contributed by atoms with van der Waals surface area (Å²) >= 11 is 5.61. The lowest BCUT2D eigenvalue weighted by molar-refractivity contribution is -0.143. The van der Waals surface area contributed by atoms with Gasteiger partial charge in [0.05, 0.1) is 6.61 Å². The van der Waals surface area contributed by atoms with Crippen molar-refractivity contribution in [3.63, 3.8) is 0 Å². The van der Waals surface area contributed by atoms with Gasteiger partial charge in [0.25, 0.3) is 0 Å². The number of aromatic nitrogens is 1. The molecule has 0 fully saturated rings. The minimum absolute atomic E-state index is 0.0522. The van der Waals surface area contributed by atoms with E-state index in [1.165, 1.54) is 6.20 Å². The molecule has 0 saturated carbocycles. The van der Waals surface area contributed by atoms with E-state index in [1.807, 2.05) is 0 Å². The third-order valence-electron chi connectivity index (χ3n) is 1.87. The highest BCUT2D eigenvalue weighted by Crippen LogP contribution is 2.25. The molecule has 5 heteroatoms. The van der Waals surface area contributed by atoms with E-state index in [9.17, 15) is 9.90 Å². The van der Waals surface area contributed by atoms with Crippen LogP contribution in [0, 0.1) is 0 Å². The Labute approximate surface area is 92.8 Å². The molecule has 0 saturated heterocycles. The van der Waals surface area contributed by atoms with Crippen molar-refractivity contribution in [3.8, 4) is 5.75 Å². The number of rotatable bonds is 4. The number of hydrogen-bond acceptors (Lipinski definition) is 4. The van der Waals surface area contributed by atoms with Crippen LogP contribution in [0.1, 0.15) is 18.9 Å². The van der Waals surface area contributed by atoms with Crippen molar-refractivity contribution in [1.29, 1.82) is 0 Å². The molecule has 1 aromatic heterocycles. The van der Waals surface area contributed by atoms with Gasteiger partial charge in [-0.2, -0.15) is 0 Å². The maximum atomic E-state index is 11.1.